The second-order valence-corrected chi connectivity index (χ2v) is 3.81. The SMILES string of the molecule is NC(=O)C1CCN(CCOCS)CC1. The van der Waals surface area contributed by atoms with E-state index in [0.29, 0.717) is 12.5 Å². The van der Waals surface area contributed by atoms with Crippen LogP contribution in [-0.4, -0.2) is 43.0 Å². The third kappa shape index (κ3) is 3.86. The lowest BCUT2D eigenvalue weighted by atomic mass is 9.96. The van der Waals surface area contributed by atoms with Gasteiger partial charge >= 0.3 is 0 Å². The number of hydrogen-bond acceptors (Lipinski definition) is 4. The smallest absolute Gasteiger partial charge is 0.220 e. The van der Waals surface area contributed by atoms with E-state index in [0.717, 1.165) is 32.5 Å². The fourth-order valence-electron chi connectivity index (χ4n) is 1.70. The largest absolute Gasteiger partial charge is 0.370 e. The minimum atomic E-state index is -0.156. The minimum Gasteiger partial charge on any atom is -0.370 e. The van der Waals surface area contributed by atoms with Crippen molar-refractivity contribution >= 4 is 18.5 Å². The number of rotatable bonds is 5. The van der Waals surface area contributed by atoms with Gasteiger partial charge in [0.25, 0.3) is 0 Å². The van der Waals surface area contributed by atoms with Crippen LogP contribution in [0.4, 0.5) is 0 Å². The number of hydrogen-bond donors (Lipinski definition) is 2. The van der Waals surface area contributed by atoms with E-state index >= 15 is 0 Å². The molecule has 0 bridgehead atoms. The molecule has 4 nitrogen and oxygen atoms in total. The second-order valence-electron chi connectivity index (χ2n) is 3.56. The Morgan fingerprint density at radius 1 is 1.50 bits per heavy atom. The molecular formula is C9H18N2O2S. The zero-order valence-electron chi connectivity index (χ0n) is 8.32. The van der Waals surface area contributed by atoms with Gasteiger partial charge in [0.1, 0.15) is 0 Å². The topological polar surface area (TPSA) is 55.6 Å². The Bertz CT molecular complexity index is 182. The standard InChI is InChI=1S/C9H18N2O2S/c10-9(12)8-1-3-11(4-2-8)5-6-13-7-14/h8,14H,1-7H2,(H2,10,12). The molecular weight excluding hydrogens is 200 g/mol. The highest BCUT2D eigenvalue weighted by Gasteiger charge is 2.22. The fourth-order valence-corrected chi connectivity index (χ4v) is 1.83. The summed E-state index contributed by atoms with van der Waals surface area (Å²) in [6.45, 7) is 3.53. The number of likely N-dealkylation sites (tertiary alicyclic amines) is 1. The van der Waals surface area contributed by atoms with E-state index in [9.17, 15) is 4.79 Å². The summed E-state index contributed by atoms with van der Waals surface area (Å²) in [6.07, 6.45) is 1.77. The van der Waals surface area contributed by atoms with Crippen molar-refractivity contribution in [3.8, 4) is 0 Å². The van der Waals surface area contributed by atoms with Gasteiger partial charge in [-0.2, -0.15) is 12.6 Å². The highest BCUT2D eigenvalue weighted by atomic mass is 32.1. The number of primary amides is 1. The van der Waals surface area contributed by atoms with Crippen molar-refractivity contribution in [3.63, 3.8) is 0 Å². The summed E-state index contributed by atoms with van der Waals surface area (Å²) >= 11 is 3.96. The summed E-state index contributed by atoms with van der Waals surface area (Å²) in [7, 11) is 0. The minimum absolute atomic E-state index is 0.0806. The van der Waals surface area contributed by atoms with Crippen molar-refractivity contribution in [2.45, 2.75) is 12.8 Å². The molecule has 1 saturated heterocycles. The summed E-state index contributed by atoms with van der Waals surface area (Å²) < 4.78 is 5.14. The third-order valence-electron chi connectivity index (χ3n) is 2.63. The maximum absolute atomic E-state index is 10.9. The van der Waals surface area contributed by atoms with Crippen LogP contribution in [-0.2, 0) is 9.53 Å². The molecule has 0 aromatic rings. The van der Waals surface area contributed by atoms with Gasteiger partial charge in [0.15, 0.2) is 0 Å². The van der Waals surface area contributed by atoms with E-state index < -0.39 is 0 Å². The van der Waals surface area contributed by atoms with Crippen LogP contribution >= 0.6 is 12.6 Å². The Hall–Kier alpha value is -0.260. The molecule has 1 fully saturated rings. The van der Waals surface area contributed by atoms with Crippen molar-refractivity contribution in [1.29, 1.82) is 0 Å². The van der Waals surface area contributed by atoms with Crippen molar-refractivity contribution in [3.05, 3.63) is 0 Å². The van der Waals surface area contributed by atoms with Crippen LogP contribution in [0.2, 0.25) is 0 Å². The molecule has 0 unspecified atom stereocenters. The molecule has 0 atom stereocenters. The summed E-state index contributed by atoms with van der Waals surface area (Å²) in [6, 6.07) is 0. The zero-order valence-corrected chi connectivity index (χ0v) is 9.21. The van der Waals surface area contributed by atoms with Crippen LogP contribution in [0.25, 0.3) is 0 Å². The molecule has 0 aromatic carbocycles. The first-order chi connectivity index (χ1) is 6.74. The summed E-state index contributed by atoms with van der Waals surface area (Å²) in [5.41, 5.74) is 5.24. The van der Waals surface area contributed by atoms with E-state index in [1.54, 1.807) is 0 Å². The number of carbonyl (C=O) groups is 1. The quantitative estimate of drug-likeness (QED) is 0.390. The van der Waals surface area contributed by atoms with Crippen LogP contribution in [0.5, 0.6) is 0 Å². The number of nitrogens with two attached hydrogens (primary N) is 1. The number of carbonyl (C=O) groups excluding carboxylic acids is 1. The number of thiol groups is 1. The van der Waals surface area contributed by atoms with E-state index in [2.05, 4.69) is 17.5 Å². The predicted octanol–water partition coefficient (Wildman–Crippen LogP) is 0.0876. The van der Waals surface area contributed by atoms with Gasteiger partial charge in [0, 0.05) is 12.5 Å². The average molecular weight is 218 g/mol. The van der Waals surface area contributed by atoms with Crippen molar-refractivity contribution in [1.82, 2.24) is 4.90 Å². The molecule has 0 radical (unpaired) electrons. The maximum atomic E-state index is 10.9. The van der Waals surface area contributed by atoms with Gasteiger partial charge in [-0.1, -0.05) is 0 Å². The lowest BCUT2D eigenvalue weighted by molar-refractivity contribution is -0.123. The van der Waals surface area contributed by atoms with Gasteiger partial charge < -0.3 is 15.4 Å². The van der Waals surface area contributed by atoms with Crippen LogP contribution in [0.1, 0.15) is 12.8 Å². The molecule has 5 heteroatoms. The van der Waals surface area contributed by atoms with Gasteiger partial charge in [-0.15, -0.1) is 0 Å². The summed E-state index contributed by atoms with van der Waals surface area (Å²) in [5, 5.41) is 0. The number of nitrogens with zero attached hydrogens (tertiary/aromatic N) is 1. The van der Waals surface area contributed by atoms with E-state index in [4.69, 9.17) is 10.5 Å². The van der Waals surface area contributed by atoms with Crippen LogP contribution < -0.4 is 5.73 Å². The Labute approximate surface area is 90.2 Å². The number of piperidine rings is 1. The summed E-state index contributed by atoms with van der Waals surface area (Å²) in [5.74, 6) is 0.394. The molecule has 1 rings (SSSR count). The lowest BCUT2D eigenvalue weighted by Crippen LogP contribution is -2.39. The molecule has 82 valence electrons. The molecule has 1 amide bonds. The number of amides is 1. The lowest BCUT2D eigenvalue weighted by Gasteiger charge is -2.30. The van der Waals surface area contributed by atoms with E-state index in [1.807, 2.05) is 0 Å². The van der Waals surface area contributed by atoms with Crippen LogP contribution in [0.15, 0.2) is 0 Å². The molecule has 14 heavy (non-hydrogen) atoms. The Morgan fingerprint density at radius 3 is 2.64 bits per heavy atom. The average Bonchev–Trinajstić information content (AvgIpc) is 2.19. The van der Waals surface area contributed by atoms with Gasteiger partial charge in [-0.05, 0) is 25.9 Å². The second kappa shape index (κ2) is 6.27. The molecule has 1 aliphatic heterocycles. The predicted molar refractivity (Wildman–Crippen MR) is 58.2 cm³/mol. The first-order valence-electron chi connectivity index (χ1n) is 4.94. The van der Waals surface area contributed by atoms with Gasteiger partial charge in [0.2, 0.25) is 5.91 Å². The molecule has 1 heterocycles. The third-order valence-corrected chi connectivity index (χ3v) is 2.82. The van der Waals surface area contributed by atoms with Crippen molar-refractivity contribution in [2.24, 2.45) is 11.7 Å². The summed E-state index contributed by atoms with van der Waals surface area (Å²) in [4.78, 5) is 13.2. The normalized spacial score (nSPS) is 19.8. The Morgan fingerprint density at radius 2 is 2.14 bits per heavy atom. The molecule has 2 N–H and O–H groups in total. The fraction of sp³-hybridized carbons (Fsp3) is 0.889. The number of ether oxygens (including phenoxy) is 1. The molecule has 0 aromatic heterocycles. The Kier molecular flexibility index (Phi) is 5.29. The highest BCUT2D eigenvalue weighted by molar-refractivity contribution is 7.80. The molecule has 0 saturated carbocycles. The van der Waals surface area contributed by atoms with Gasteiger partial charge in [-0.3, -0.25) is 4.79 Å². The van der Waals surface area contributed by atoms with Crippen molar-refractivity contribution in [2.75, 3.05) is 32.2 Å². The van der Waals surface area contributed by atoms with Crippen LogP contribution in [0, 0.1) is 5.92 Å². The highest BCUT2D eigenvalue weighted by Crippen LogP contribution is 2.15. The molecule has 0 aliphatic carbocycles. The van der Waals surface area contributed by atoms with E-state index in [1.165, 1.54) is 0 Å². The van der Waals surface area contributed by atoms with E-state index in [-0.39, 0.29) is 11.8 Å². The van der Waals surface area contributed by atoms with Gasteiger partial charge in [0.05, 0.1) is 12.5 Å². The molecule has 0 spiro atoms. The van der Waals surface area contributed by atoms with Gasteiger partial charge in [-0.25, -0.2) is 0 Å². The maximum Gasteiger partial charge on any atom is 0.220 e. The van der Waals surface area contributed by atoms with Crippen LogP contribution in [0.3, 0.4) is 0 Å². The first kappa shape index (κ1) is 11.8. The Balaban J connectivity index is 2.12. The zero-order chi connectivity index (χ0) is 10.4. The van der Waals surface area contributed by atoms with Crippen molar-refractivity contribution < 1.29 is 9.53 Å². The molecule has 1 aliphatic rings. The monoisotopic (exact) mass is 218 g/mol. The first-order valence-corrected chi connectivity index (χ1v) is 5.57.